The van der Waals surface area contributed by atoms with E-state index in [2.05, 4.69) is 25.5 Å². The lowest BCUT2D eigenvalue weighted by Gasteiger charge is -1.98. The fraction of sp³-hybridized carbons (Fsp3) is 0. The standard InChI is InChI=1S/C12H8N4O2S/c17-12(14-13-7-9-2-1-5-19-9)8-3-4-10-11(6-8)16-18-15-10/h1-7H,(H,14,17). The molecule has 2 aromatic heterocycles. The molecule has 0 saturated carbocycles. The van der Waals surface area contributed by atoms with E-state index < -0.39 is 0 Å². The second-order valence-electron chi connectivity index (χ2n) is 3.68. The third kappa shape index (κ3) is 2.50. The highest BCUT2D eigenvalue weighted by Crippen LogP contribution is 2.11. The molecule has 0 aliphatic heterocycles. The van der Waals surface area contributed by atoms with Crippen molar-refractivity contribution in [2.75, 3.05) is 0 Å². The maximum absolute atomic E-state index is 11.8. The van der Waals surface area contributed by atoms with E-state index in [-0.39, 0.29) is 5.91 Å². The molecule has 1 N–H and O–H groups in total. The first kappa shape index (κ1) is 11.5. The van der Waals surface area contributed by atoms with E-state index in [0.29, 0.717) is 16.6 Å². The minimum atomic E-state index is -0.308. The van der Waals surface area contributed by atoms with Gasteiger partial charge in [-0.05, 0) is 40.0 Å². The van der Waals surface area contributed by atoms with E-state index in [4.69, 9.17) is 0 Å². The predicted octanol–water partition coefficient (Wildman–Crippen LogP) is 2.05. The number of carbonyl (C=O) groups is 1. The number of hydrazone groups is 1. The number of nitrogens with one attached hydrogen (secondary N) is 1. The molecule has 0 unspecified atom stereocenters. The molecule has 0 spiro atoms. The Morgan fingerprint density at radius 1 is 1.32 bits per heavy atom. The molecular weight excluding hydrogens is 264 g/mol. The van der Waals surface area contributed by atoms with Gasteiger partial charge in [-0.3, -0.25) is 4.79 Å². The molecule has 1 aromatic carbocycles. The lowest BCUT2D eigenvalue weighted by Crippen LogP contribution is -2.17. The summed E-state index contributed by atoms with van der Waals surface area (Å²) in [6.45, 7) is 0. The van der Waals surface area contributed by atoms with Gasteiger partial charge in [-0.2, -0.15) is 5.10 Å². The van der Waals surface area contributed by atoms with Crippen LogP contribution in [0.1, 0.15) is 15.2 Å². The topological polar surface area (TPSA) is 80.4 Å². The van der Waals surface area contributed by atoms with Crippen LogP contribution < -0.4 is 5.43 Å². The summed E-state index contributed by atoms with van der Waals surface area (Å²) in [6, 6.07) is 8.74. The van der Waals surface area contributed by atoms with Crippen LogP contribution in [0.2, 0.25) is 0 Å². The molecule has 3 aromatic rings. The molecule has 0 saturated heterocycles. The average Bonchev–Trinajstić information content (AvgIpc) is 3.08. The molecule has 1 amide bonds. The summed E-state index contributed by atoms with van der Waals surface area (Å²) in [5, 5.41) is 13.2. The smallest absolute Gasteiger partial charge is 0.267 e. The lowest BCUT2D eigenvalue weighted by molar-refractivity contribution is 0.0955. The number of benzene rings is 1. The van der Waals surface area contributed by atoms with Crippen LogP contribution in [0.25, 0.3) is 11.0 Å². The Morgan fingerprint density at radius 3 is 3.05 bits per heavy atom. The number of carbonyl (C=O) groups excluding carboxylic acids is 1. The van der Waals surface area contributed by atoms with Gasteiger partial charge in [0, 0.05) is 10.4 Å². The lowest BCUT2D eigenvalue weighted by atomic mass is 10.2. The summed E-state index contributed by atoms with van der Waals surface area (Å²) in [4.78, 5) is 12.8. The monoisotopic (exact) mass is 272 g/mol. The van der Waals surface area contributed by atoms with Crippen molar-refractivity contribution in [1.29, 1.82) is 0 Å². The molecule has 19 heavy (non-hydrogen) atoms. The van der Waals surface area contributed by atoms with Crippen LogP contribution in [0.15, 0.2) is 45.4 Å². The molecule has 94 valence electrons. The molecule has 0 bridgehead atoms. The number of aromatic nitrogens is 2. The van der Waals surface area contributed by atoms with Crippen LogP contribution in [-0.2, 0) is 0 Å². The largest absolute Gasteiger partial charge is 0.271 e. The Balaban J connectivity index is 1.72. The van der Waals surface area contributed by atoms with Crippen molar-refractivity contribution in [3.63, 3.8) is 0 Å². The summed E-state index contributed by atoms with van der Waals surface area (Å²) in [7, 11) is 0. The highest BCUT2D eigenvalue weighted by Gasteiger charge is 2.07. The number of nitrogens with zero attached hydrogens (tertiary/aromatic N) is 3. The first-order valence-corrected chi connectivity index (χ1v) is 6.30. The SMILES string of the molecule is O=C(NN=Cc1cccs1)c1ccc2nonc2c1. The minimum Gasteiger partial charge on any atom is -0.267 e. The van der Waals surface area contributed by atoms with Gasteiger partial charge in [0.25, 0.3) is 5.91 Å². The number of hydrogen-bond acceptors (Lipinski definition) is 6. The highest BCUT2D eigenvalue weighted by atomic mass is 32.1. The van der Waals surface area contributed by atoms with Gasteiger partial charge in [0.1, 0.15) is 11.0 Å². The van der Waals surface area contributed by atoms with Crippen LogP contribution in [0.3, 0.4) is 0 Å². The number of thiophene rings is 1. The summed E-state index contributed by atoms with van der Waals surface area (Å²) < 4.78 is 4.57. The van der Waals surface area contributed by atoms with Gasteiger partial charge < -0.3 is 0 Å². The Kier molecular flexibility index (Phi) is 3.03. The van der Waals surface area contributed by atoms with Crippen molar-refractivity contribution >= 4 is 34.5 Å². The molecule has 0 atom stereocenters. The van der Waals surface area contributed by atoms with Gasteiger partial charge >= 0.3 is 0 Å². The zero-order valence-corrected chi connectivity index (χ0v) is 10.4. The fourth-order valence-electron chi connectivity index (χ4n) is 1.51. The van der Waals surface area contributed by atoms with E-state index in [1.54, 1.807) is 35.8 Å². The van der Waals surface area contributed by atoms with Crippen molar-refractivity contribution < 1.29 is 9.42 Å². The quantitative estimate of drug-likeness (QED) is 0.584. The number of amides is 1. The van der Waals surface area contributed by atoms with E-state index in [0.717, 1.165) is 4.88 Å². The minimum absolute atomic E-state index is 0.308. The molecule has 7 heteroatoms. The molecule has 0 fully saturated rings. The molecule has 0 radical (unpaired) electrons. The van der Waals surface area contributed by atoms with Crippen LogP contribution in [0.5, 0.6) is 0 Å². The normalized spacial score (nSPS) is 11.2. The highest BCUT2D eigenvalue weighted by molar-refractivity contribution is 7.11. The number of rotatable bonds is 3. The first-order chi connectivity index (χ1) is 9.33. The average molecular weight is 272 g/mol. The van der Waals surface area contributed by atoms with Crippen LogP contribution in [0.4, 0.5) is 0 Å². The maximum Gasteiger partial charge on any atom is 0.271 e. The van der Waals surface area contributed by atoms with Gasteiger partial charge in [0.15, 0.2) is 0 Å². The summed E-state index contributed by atoms with van der Waals surface area (Å²) in [6.07, 6.45) is 1.60. The first-order valence-electron chi connectivity index (χ1n) is 5.42. The number of fused-ring (bicyclic) bond motifs is 1. The van der Waals surface area contributed by atoms with Crippen molar-refractivity contribution in [3.05, 3.63) is 46.2 Å². The molecule has 6 nitrogen and oxygen atoms in total. The molecule has 0 aliphatic carbocycles. The van der Waals surface area contributed by atoms with E-state index in [1.807, 2.05) is 17.5 Å². The summed E-state index contributed by atoms with van der Waals surface area (Å²) in [5.74, 6) is -0.308. The molecule has 2 heterocycles. The van der Waals surface area contributed by atoms with Gasteiger partial charge in [0.05, 0.1) is 6.21 Å². The third-order valence-electron chi connectivity index (χ3n) is 2.42. The summed E-state index contributed by atoms with van der Waals surface area (Å²) >= 11 is 1.54. The van der Waals surface area contributed by atoms with Crippen molar-refractivity contribution in [3.8, 4) is 0 Å². The maximum atomic E-state index is 11.8. The van der Waals surface area contributed by atoms with Crippen molar-refractivity contribution in [2.24, 2.45) is 5.10 Å². The second-order valence-corrected chi connectivity index (χ2v) is 4.66. The second kappa shape index (κ2) is 4.99. The fourth-order valence-corrected chi connectivity index (χ4v) is 2.09. The van der Waals surface area contributed by atoms with Gasteiger partial charge in [-0.25, -0.2) is 10.1 Å². The van der Waals surface area contributed by atoms with Gasteiger partial charge in [-0.1, -0.05) is 6.07 Å². The van der Waals surface area contributed by atoms with Crippen LogP contribution in [-0.4, -0.2) is 22.4 Å². The Hall–Kier alpha value is -2.54. The number of hydrogen-bond donors (Lipinski definition) is 1. The van der Waals surface area contributed by atoms with Crippen LogP contribution in [0, 0.1) is 0 Å². The van der Waals surface area contributed by atoms with Gasteiger partial charge in [0.2, 0.25) is 0 Å². The zero-order chi connectivity index (χ0) is 13.1. The summed E-state index contributed by atoms with van der Waals surface area (Å²) in [5.41, 5.74) is 4.05. The molecular formula is C12H8N4O2S. The molecule has 3 rings (SSSR count). The van der Waals surface area contributed by atoms with Crippen molar-refractivity contribution in [2.45, 2.75) is 0 Å². The third-order valence-corrected chi connectivity index (χ3v) is 3.22. The van der Waals surface area contributed by atoms with E-state index in [1.165, 1.54) is 0 Å². The Bertz CT molecular complexity index is 733. The molecule has 0 aliphatic rings. The Labute approximate surface area is 111 Å². The van der Waals surface area contributed by atoms with Gasteiger partial charge in [-0.15, -0.1) is 11.3 Å². The Morgan fingerprint density at radius 2 is 2.21 bits per heavy atom. The zero-order valence-electron chi connectivity index (χ0n) is 9.61. The van der Waals surface area contributed by atoms with Crippen molar-refractivity contribution in [1.82, 2.24) is 15.7 Å². The van der Waals surface area contributed by atoms with Crippen LogP contribution >= 0.6 is 11.3 Å². The van der Waals surface area contributed by atoms with E-state index >= 15 is 0 Å². The van der Waals surface area contributed by atoms with E-state index in [9.17, 15) is 4.79 Å². The predicted molar refractivity (Wildman–Crippen MR) is 71.2 cm³/mol.